The molecule has 2 N–H and O–H groups in total. The second-order valence-corrected chi connectivity index (χ2v) is 4.13. The molecule has 0 radical (unpaired) electrons. The van der Waals surface area contributed by atoms with Crippen LogP contribution in [0.15, 0.2) is 16.5 Å². The second kappa shape index (κ2) is 6.86. The molecule has 0 bridgehead atoms. The van der Waals surface area contributed by atoms with Gasteiger partial charge in [-0.1, -0.05) is 0 Å². The van der Waals surface area contributed by atoms with Gasteiger partial charge in [-0.05, 0) is 12.1 Å². The van der Waals surface area contributed by atoms with Crippen LogP contribution < -0.4 is 0 Å². The van der Waals surface area contributed by atoms with Crippen molar-refractivity contribution in [3.63, 3.8) is 0 Å². The maximum atomic E-state index is 8.47. The van der Waals surface area contributed by atoms with E-state index in [0.717, 1.165) is 26.4 Å². The highest BCUT2D eigenvalue weighted by Crippen LogP contribution is 2.12. The van der Waals surface area contributed by atoms with E-state index in [1.807, 2.05) is 0 Å². The first-order chi connectivity index (χ1) is 8.81. The Morgan fingerprint density at radius 1 is 1.00 bits per heavy atom. The number of rotatable bonds is 6. The molecule has 6 heteroatoms. The summed E-state index contributed by atoms with van der Waals surface area (Å²) in [6.45, 7) is 3.04. The van der Waals surface area contributed by atoms with Gasteiger partial charge < -0.3 is 28.8 Å². The van der Waals surface area contributed by atoms with Gasteiger partial charge in [0, 0.05) is 0 Å². The maximum absolute atomic E-state index is 8.47. The lowest BCUT2D eigenvalue weighted by Gasteiger charge is -1.95. The van der Waals surface area contributed by atoms with Gasteiger partial charge in [-0.25, -0.2) is 0 Å². The smallest absolute Gasteiger partial charge is 0.129 e. The Labute approximate surface area is 105 Å². The summed E-state index contributed by atoms with van der Waals surface area (Å²) in [7, 11) is 0. The quantitative estimate of drug-likeness (QED) is 0.702. The van der Waals surface area contributed by atoms with Crippen molar-refractivity contribution in [3.8, 4) is 0 Å². The zero-order valence-electron chi connectivity index (χ0n) is 10.1. The van der Waals surface area contributed by atoms with E-state index in [-0.39, 0.29) is 13.2 Å². The van der Waals surface area contributed by atoms with Gasteiger partial charge in [0.05, 0.1) is 26.4 Å². The van der Waals surface area contributed by atoms with Gasteiger partial charge in [0.25, 0.3) is 0 Å². The van der Waals surface area contributed by atoms with Gasteiger partial charge >= 0.3 is 0 Å². The molecule has 18 heavy (non-hydrogen) atoms. The Balaban J connectivity index is 0.000000134. The summed E-state index contributed by atoms with van der Waals surface area (Å²) < 4.78 is 20.0. The third-order valence-corrected chi connectivity index (χ3v) is 2.44. The Hall–Kier alpha value is -0.920. The van der Waals surface area contributed by atoms with Gasteiger partial charge in [-0.2, -0.15) is 0 Å². The number of hydrogen-bond acceptors (Lipinski definition) is 6. The standard InChI is InChI=1S/C6H10O3.C6H8O3/c1(5-3-8-5)7-2-6-4-9-6;7-3-5-1-2-6(4-8)9-5/h5-6H,1-4H2;1-2,7-8H,3-4H2. The lowest BCUT2D eigenvalue weighted by Crippen LogP contribution is -2.06. The fourth-order valence-corrected chi connectivity index (χ4v) is 1.25. The molecule has 0 spiro atoms. The van der Waals surface area contributed by atoms with Crippen LogP contribution in [-0.4, -0.2) is 48.8 Å². The van der Waals surface area contributed by atoms with Crippen molar-refractivity contribution in [1.82, 2.24) is 0 Å². The van der Waals surface area contributed by atoms with E-state index in [1.54, 1.807) is 12.1 Å². The first-order valence-electron chi connectivity index (χ1n) is 5.92. The van der Waals surface area contributed by atoms with Crippen molar-refractivity contribution in [2.75, 3.05) is 26.4 Å². The minimum atomic E-state index is -0.111. The summed E-state index contributed by atoms with van der Waals surface area (Å²) in [5.41, 5.74) is 0. The van der Waals surface area contributed by atoms with Gasteiger partial charge in [0.2, 0.25) is 0 Å². The van der Waals surface area contributed by atoms with Crippen LogP contribution >= 0.6 is 0 Å². The Bertz CT molecular complexity index is 312. The Morgan fingerprint density at radius 3 is 1.72 bits per heavy atom. The highest BCUT2D eigenvalue weighted by molar-refractivity contribution is 5.04. The fourth-order valence-electron chi connectivity index (χ4n) is 1.25. The molecule has 2 fully saturated rings. The lowest BCUT2D eigenvalue weighted by atomic mass is 10.4. The molecule has 2 unspecified atom stereocenters. The summed E-state index contributed by atoms with van der Waals surface area (Å²) in [6.07, 6.45) is 0.785. The molecular weight excluding hydrogens is 240 g/mol. The number of aliphatic hydroxyl groups is 2. The molecule has 0 amide bonds. The first-order valence-corrected chi connectivity index (χ1v) is 5.92. The normalized spacial score (nSPS) is 24.3. The van der Waals surface area contributed by atoms with E-state index in [1.165, 1.54) is 0 Å². The topological polar surface area (TPSA) is 87.9 Å². The van der Waals surface area contributed by atoms with Crippen molar-refractivity contribution in [2.45, 2.75) is 25.4 Å². The minimum Gasteiger partial charge on any atom is -0.461 e. The summed E-state index contributed by atoms with van der Waals surface area (Å²) in [5.74, 6) is 0.970. The van der Waals surface area contributed by atoms with Crippen LogP contribution in [-0.2, 0) is 27.4 Å². The summed E-state index contributed by atoms with van der Waals surface area (Å²) in [5, 5.41) is 16.9. The van der Waals surface area contributed by atoms with Crippen molar-refractivity contribution >= 4 is 0 Å². The van der Waals surface area contributed by atoms with E-state index in [0.29, 0.717) is 23.7 Å². The van der Waals surface area contributed by atoms with Gasteiger partial charge in [0.15, 0.2) is 0 Å². The molecule has 2 aliphatic heterocycles. The number of hydrogen-bond donors (Lipinski definition) is 2. The van der Waals surface area contributed by atoms with E-state index in [4.69, 9.17) is 28.8 Å². The highest BCUT2D eigenvalue weighted by atomic mass is 16.6. The Kier molecular flexibility index (Phi) is 5.15. The van der Waals surface area contributed by atoms with E-state index in [9.17, 15) is 0 Å². The summed E-state index contributed by atoms with van der Waals surface area (Å²) in [6, 6.07) is 3.26. The van der Waals surface area contributed by atoms with Crippen LogP contribution in [0.25, 0.3) is 0 Å². The molecule has 1 aromatic rings. The first kappa shape index (κ1) is 13.5. The van der Waals surface area contributed by atoms with Crippen molar-refractivity contribution in [1.29, 1.82) is 0 Å². The number of furan rings is 1. The van der Waals surface area contributed by atoms with Crippen molar-refractivity contribution in [3.05, 3.63) is 23.7 Å². The SMILES string of the molecule is C(OCC1CO1)C1CO1.OCc1ccc(CO)o1. The van der Waals surface area contributed by atoms with E-state index >= 15 is 0 Å². The number of epoxide rings is 2. The van der Waals surface area contributed by atoms with Crippen molar-refractivity contribution in [2.24, 2.45) is 0 Å². The minimum absolute atomic E-state index is 0.111. The predicted molar refractivity (Wildman–Crippen MR) is 60.9 cm³/mol. The molecule has 2 saturated heterocycles. The highest BCUT2D eigenvalue weighted by Gasteiger charge is 2.26. The monoisotopic (exact) mass is 258 g/mol. The predicted octanol–water partition coefficient (Wildman–Crippen LogP) is 0.0648. The van der Waals surface area contributed by atoms with Crippen LogP contribution in [0.3, 0.4) is 0 Å². The number of aliphatic hydroxyl groups excluding tert-OH is 2. The average molecular weight is 258 g/mol. The molecule has 2 atom stereocenters. The molecular formula is C12H18O6. The third-order valence-electron chi connectivity index (χ3n) is 2.44. The largest absolute Gasteiger partial charge is 0.461 e. The van der Waals surface area contributed by atoms with Crippen molar-refractivity contribution < 1.29 is 28.8 Å². The van der Waals surface area contributed by atoms with Gasteiger partial charge in [-0.3, -0.25) is 0 Å². The zero-order valence-corrected chi connectivity index (χ0v) is 10.1. The molecule has 6 nitrogen and oxygen atoms in total. The maximum Gasteiger partial charge on any atom is 0.129 e. The molecule has 0 aromatic carbocycles. The molecule has 1 aromatic heterocycles. The molecule has 102 valence electrons. The van der Waals surface area contributed by atoms with Crippen LogP contribution in [0.1, 0.15) is 11.5 Å². The Morgan fingerprint density at radius 2 is 1.44 bits per heavy atom. The van der Waals surface area contributed by atoms with E-state index < -0.39 is 0 Å². The lowest BCUT2D eigenvalue weighted by molar-refractivity contribution is 0.102. The average Bonchev–Trinajstić information content (AvgIpc) is 3.32. The summed E-state index contributed by atoms with van der Waals surface area (Å²) >= 11 is 0. The van der Waals surface area contributed by atoms with Crippen LogP contribution in [0.4, 0.5) is 0 Å². The molecule has 3 heterocycles. The molecule has 0 aliphatic carbocycles. The van der Waals surface area contributed by atoms with Crippen LogP contribution in [0.5, 0.6) is 0 Å². The molecule has 3 rings (SSSR count). The molecule has 0 saturated carbocycles. The molecule has 2 aliphatic rings. The zero-order chi connectivity index (χ0) is 12.8. The van der Waals surface area contributed by atoms with Crippen LogP contribution in [0, 0.1) is 0 Å². The van der Waals surface area contributed by atoms with Crippen LogP contribution in [0.2, 0.25) is 0 Å². The van der Waals surface area contributed by atoms with E-state index in [2.05, 4.69) is 0 Å². The summed E-state index contributed by atoms with van der Waals surface area (Å²) in [4.78, 5) is 0. The van der Waals surface area contributed by atoms with Gasteiger partial charge in [-0.15, -0.1) is 0 Å². The number of ether oxygens (including phenoxy) is 3. The third kappa shape index (κ3) is 5.16. The second-order valence-electron chi connectivity index (χ2n) is 4.13. The fraction of sp³-hybridized carbons (Fsp3) is 0.667. The van der Waals surface area contributed by atoms with Gasteiger partial charge in [0.1, 0.15) is 36.9 Å².